The molecule has 0 radical (unpaired) electrons. The van der Waals surface area contributed by atoms with Gasteiger partial charge in [-0.1, -0.05) is 43.6 Å². The van der Waals surface area contributed by atoms with Crippen LogP contribution in [0.25, 0.3) is 0 Å². The lowest BCUT2D eigenvalue weighted by Crippen LogP contribution is -2.22. The second-order valence-corrected chi connectivity index (χ2v) is 7.73. The Hall–Kier alpha value is -1.13. The number of hydrogen-bond acceptors (Lipinski definition) is 3. The van der Waals surface area contributed by atoms with E-state index in [1.165, 1.54) is 19.3 Å². The molecule has 0 aromatic rings. The average molecular weight is 350 g/mol. The van der Waals surface area contributed by atoms with Gasteiger partial charge in [-0.25, -0.2) is 0 Å². The first kappa shape index (κ1) is 20.2. The molecule has 4 atom stereocenters. The van der Waals surface area contributed by atoms with Gasteiger partial charge in [-0.05, 0) is 62.7 Å². The summed E-state index contributed by atoms with van der Waals surface area (Å²) in [4.78, 5) is 10.5. The monoisotopic (exact) mass is 350 g/mol. The van der Waals surface area contributed by atoms with Crippen molar-refractivity contribution >= 4 is 5.97 Å². The van der Waals surface area contributed by atoms with Crippen LogP contribution in [0, 0.1) is 17.8 Å². The fourth-order valence-corrected chi connectivity index (χ4v) is 4.34. The van der Waals surface area contributed by atoms with Gasteiger partial charge in [0.15, 0.2) is 0 Å². The minimum atomic E-state index is -0.766. The van der Waals surface area contributed by atoms with E-state index in [-0.39, 0.29) is 24.5 Å². The highest BCUT2D eigenvalue weighted by Crippen LogP contribution is 2.37. The number of rotatable bonds is 9. The van der Waals surface area contributed by atoms with E-state index in [1.807, 2.05) is 18.2 Å². The van der Waals surface area contributed by atoms with E-state index in [2.05, 4.69) is 6.08 Å². The zero-order chi connectivity index (χ0) is 18.1. The molecule has 2 aliphatic rings. The molecule has 0 aromatic heterocycles. The van der Waals surface area contributed by atoms with Crippen LogP contribution in [0.15, 0.2) is 24.3 Å². The van der Waals surface area contributed by atoms with Crippen LogP contribution >= 0.6 is 0 Å². The van der Waals surface area contributed by atoms with Crippen LogP contribution in [0.2, 0.25) is 0 Å². The summed E-state index contributed by atoms with van der Waals surface area (Å²) in [6, 6.07) is 0. The molecule has 0 saturated heterocycles. The molecular weight excluding hydrogens is 316 g/mol. The summed E-state index contributed by atoms with van der Waals surface area (Å²) in [5, 5.41) is 29.3. The molecule has 0 spiro atoms. The molecule has 0 amide bonds. The number of aliphatic hydroxyl groups excluding tert-OH is 2. The van der Waals surface area contributed by atoms with Crippen molar-refractivity contribution in [2.45, 2.75) is 82.8 Å². The number of carboxylic acids is 1. The Morgan fingerprint density at radius 3 is 2.48 bits per heavy atom. The molecule has 2 saturated carbocycles. The Morgan fingerprint density at radius 1 is 1.04 bits per heavy atom. The minimum absolute atomic E-state index is 0.174. The van der Waals surface area contributed by atoms with E-state index in [1.54, 1.807) is 0 Å². The summed E-state index contributed by atoms with van der Waals surface area (Å²) in [5.41, 5.74) is 0. The molecule has 0 bridgehead atoms. The highest BCUT2D eigenvalue weighted by molar-refractivity contribution is 5.66. The zero-order valence-electron chi connectivity index (χ0n) is 15.2. The normalized spacial score (nSPS) is 29.6. The molecule has 0 heterocycles. The van der Waals surface area contributed by atoms with Crippen molar-refractivity contribution in [2.75, 3.05) is 0 Å². The SMILES string of the molecule is O=C(O)CCC=CCC[C@H]1[C@H](O)CC[C@H]1C=CC(O)C1CCCCC1. The Labute approximate surface area is 151 Å². The van der Waals surface area contributed by atoms with Gasteiger partial charge in [0.05, 0.1) is 12.2 Å². The summed E-state index contributed by atoms with van der Waals surface area (Å²) >= 11 is 0. The van der Waals surface area contributed by atoms with E-state index in [0.29, 0.717) is 18.3 Å². The molecule has 1 unspecified atom stereocenters. The number of allylic oxidation sites excluding steroid dienone is 3. The van der Waals surface area contributed by atoms with Gasteiger partial charge in [0.1, 0.15) is 0 Å². The first-order chi connectivity index (χ1) is 12.1. The van der Waals surface area contributed by atoms with Gasteiger partial charge in [0.25, 0.3) is 0 Å². The van der Waals surface area contributed by atoms with Crippen molar-refractivity contribution in [3.05, 3.63) is 24.3 Å². The lowest BCUT2D eigenvalue weighted by Gasteiger charge is -2.25. The van der Waals surface area contributed by atoms with E-state index in [0.717, 1.165) is 38.5 Å². The quantitative estimate of drug-likeness (QED) is 0.548. The van der Waals surface area contributed by atoms with Gasteiger partial charge in [-0.2, -0.15) is 0 Å². The highest BCUT2D eigenvalue weighted by Gasteiger charge is 2.32. The van der Waals surface area contributed by atoms with Crippen LogP contribution < -0.4 is 0 Å². The zero-order valence-corrected chi connectivity index (χ0v) is 15.2. The van der Waals surface area contributed by atoms with Crippen molar-refractivity contribution in [3.8, 4) is 0 Å². The first-order valence-electron chi connectivity index (χ1n) is 9.99. The number of hydrogen-bond donors (Lipinski definition) is 3. The minimum Gasteiger partial charge on any atom is -0.481 e. The third kappa shape index (κ3) is 6.95. The Kier molecular flexibility index (Phi) is 8.70. The summed E-state index contributed by atoms with van der Waals surface area (Å²) < 4.78 is 0. The maximum Gasteiger partial charge on any atom is 0.303 e. The van der Waals surface area contributed by atoms with E-state index in [4.69, 9.17) is 5.11 Å². The molecule has 2 rings (SSSR count). The lowest BCUT2D eigenvalue weighted by molar-refractivity contribution is -0.136. The fourth-order valence-electron chi connectivity index (χ4n) is 4.34. The van der Waals surface area contributed by atoms with Gasteiger partial charge in [-0.15, -0.1) is 0 Å². The summed E-state index contributed by atoms with van der Waals surface area (Å²) in [6.45, 7) is 0. The Balaban J connectivity index is 1.76. The predicted octanol–water partition coefficient (Wildman–Crippen LogP) is 4.07. The highest BCUT2D eigenvalue weighted by atomic mass is 16.4. The first-order valence-corrected chi connectivity index (χ1v) is 9.99. The fraction of sp³-hybridized carbons (Fsp3) is 0.762. The molecule has 4 heteroatoms. The average Bonchev–Trinajstić information content (AvgIpc) is 2.96. The largest absolute Gasteiger partial charge is 0.481 e. The number of carboxylic acid groups (broad SMARTS) is 1. The second kappa shape index (κ2) is 10.8. The van der Waals surface area contributed by atoms with Crippen LogP contribution in [-0.2, 0) is 4.79 Å². The predicted molar refractivity (Wildman–Crippen MR) is 99.2 cm³/mol. The third-order valence-electron chi connectivity index (χ3n) is 5.89. The summed E-state index contributed by atoms with van der Waals surface area (Å²) in [7, 11) is 0. The van der Waals surface area contributed by atoms with Crippen LogP contribution in [0.4, 0.5) is 0 Å². The van der Waals surface area contributed by atoms with Crippen molar-refractivity contribution in [3.63, 3.8) is 0 Å². The summed E-state index contributed by atoms with van der Waals surface area (Å²) in [5.74, 6) is 0.240. The van der Waals surface area contributed by atoms with Crippen molar-refractivity contribution in [2.24, 2.45) is 17.8 Å². The van der Waals surface area contributed by atoms with Gasteiger partial charge < -0.3 is 15.3 Å². The molecule has 0 aromatic carbocycles. The maximum absolute atomic E-state index is 10.5. The Morgan fingerprint density at radius 2 is 1.76 bits per heavy atom. The van der Waals surface area contributed by atoms with Crippen molar-refractivity contribution < 1.29 is 20.1 Å². The number of aliphatic carboxylic acids is 1. The topological polar surface area (TPSA) is 77.8 Å². The van der Waals surface area contributed by atoms with Gasteiger partial charge in [-0.3, -0.25) is 4.79 Å². The molecule has 0 aliphatic heterocycles. The van der Waals surface area contributed by atoms with Crippen LogP contribution in [0.3, 0.4) is 0 Å². The molecule has 3 N–H and O–H groups in total. The van der Waals surface area contributed by atoms with E-state index >= 15 is 0 Å². The van der Waals surface area contributed by atoms with Crippen LogP contribution in [-0.4, -0.2) is 33.5 Å². The smallest absolute Gasteiger partial charge is 0.303 e. The number of aliphatic hydroxyl groups is 2. The van der Waals surface area contributed by atoms with E-state index in [9.17, 15) is 15.0 Å². The van der Waals surface area contributed by atoms with Gasteiger partial charge in [0, 0.05) is 6.42 Å². The molecule has 142 valence electrons. The van der Waals surface area contributed by atoms with Crippen LogP contribution in [0.5, 0.6) is 0 Å². The Bertz CT molecular complexity index is 451. The standard InChI is InChI=1S/C21H34O4/c22-19(17-8-4-3-5-9-17)14-12-16-13-15-20(23)18(16)10-6-1-2-7-11-21(24)25/h1-2,12,14,16-20,22-23H,3-11,13,15H2,(H,24,25)/t16-,18-,19?,20-/m1/s1. The third-order valence-corrected chi connectivity index (χ3v) is 5.89. The van der Waals surface area contributed by atoms with Crippen LogP contribution in [0.1, 0.15) is 70.6 Å². The van der Waals surface area contributed by atoms with E-state index < -0.39 is 5.97 Å². The van der Waals surface area contributed by atoms with Crippen molar-refractivity contribution in [1.82, 2.24) is 0 Å². The maximum atomic E-state index is 10.5. The molecule has 2 fully saturated rings. The molecule has 25 heavy (non-hydrogen) atoms. The lowest BCUT2D eigenvalue weighted by atomic mass is 9.84. The molecule has 4 nitrogen and oxygen atoms in total. The number of carbonyl (C=O) groups is 1. The van der Waals surface area contributed by atoms with Gasteiger partial charge >= 0.3 is 5.97 Å². The summed E-state index contributed by atoms with van der Waals surface area (Å²) in [6.07, 6.45) is 17.9. The molecule has 2 aliphatic carbocycles. The molecular formula is C21H34O4. The van der Waals surface area contributed by atoms with Gasteiger partial charge in [0.2, 0.25) is 0 Å². The second-order valence-electron chi connectivity index (χ2n) is 7.73. The van der Waals surface area contributed by atoms with Crippen molar-refractivity contribution in [1.29, 1.82) is 0 Å².